The summed E-state index contributed by atoms with van der Waals surface area (Å²) < 4.78 is 0. The van der Waals surface area contributed by atoms with Gasteiger partial charge in [-0.15, -0.1) is 0 Å². The molecule has 14 heavy (non-hydrogen) atoms. The molecule has 1 heteroatoms. The summed E-state index contributed by atoms with van der Waals surface area (Å²) in [5.74, 6) is 0. The summed E-state index contributed by atoms with van der Waals surface area (Å²) in [6.07, 6.45) is 9.60. The Kier molecular flexibility index (Phi) is 2.41. The zero-order valence-corrected chi connectivity index (χ0v) is 7.77. The van der Waals surface area contributed by atoms with Gasteiger partial charge in [-0.2, -0.15) is 0 Å². The molecule has 1 aliphatic rings. The van der Waals surface area contributed by atoms with Gasteiger partial charge in [-0.25, -0.2) is 0 Å². The molecule has 2 rings (SSSR count). The van der Waals surface area contributed by atoms with Gasteiger partial charge in [0.1, 0.15) is 0 Å². The van der Waals surface area contributed by atoms with Crippen molar-refractivity contribution in [2.24, 2.45) is 0 Å². The van der Waals surface area contributed by atoms with Crippen molar-refractivity contribution in [3.8, 4) is 0 Å². The summed E-state index contributed by atoms with van der Waals surface area (Å²) in [6.45, 7) is 0. The maximum atomic E-state index is 7.69. The second-order valence-corrected chi connectivity index (χ2v) is 3.14. The highest BCUT2D eigenvalue weighted by atomic mass is 14.4. The van der Waals surface area contributed by atoms with Crippen LogP contribution in [0.2, 0.25) is 0 Å². The summed E-state index contributed by atoms with van der Waals surface area (Å²) in [6, 6.07) is 10.1. The lowest BCUT2D eigenvalue weighted by atomic mass is 10.0. The second kappa shape index (κ2) is 3.88. The quantitative estimate of drug-likeness (QED) is 0.687. The Hall–Kier alpha value is -1.89. The lowest BCUT2D eigenvalue weighted by Gasteiger charge is -2.03. The standard InChI is InChI=1S/C13H11N/c14-13-9-5-4-8-12(13)10-11-6-2-1-3-7-11/h1-10,14H/b12-10+,14-13?. The molecule has 0 fully saturated rings. The second-order valence-electron chi connectivity index (χ2n) is 3.14. The van der Waals surface area contributed by atoms with Gasteiger partial charge in [0.05, 0.1) is 5.71 Å². The van der Waals surface area contributed by atoms with E-state index in [9.17, 15) is 0 Å². The van der Waals surface area contributed by atoms with E-state index in [2.05, 4.69) is 0 Å². The fourth-order valence-electron chi connectivity index (χ4n) is 1.35. The van der Waals surface area contributed by atoms with E-state index in [4.69, 9.17) is 5.41 Å². The van der Waals surface area contributed by atoms with Crippen molar-refractivity contribution in [3.05, 3.63) is 65.8 Å². The van der Waals surface area contributed by atoms with Gasteiger partial charge >= 0.3 is 0 Å². The summed E-state index contributed by atoms with van der Waals surface area (Å²) in [5.41, 5.74) is 2.65. The molecular formula is C13H11N. The Bertz CT molecular complexity index is 422. The zero-order valence-electron chi connectivity index (χ0n) is 7.77. The smallest absolute Gasteiger partial charge is 0.0612 e. The number of nitrogens with one attached hydrogen (secondary N) is 1. The number of rotatable bonds is 1. The van der Waals surface area contributed by atoms with Crippen molar-refractivity contribution in [2.75, 3.05) is 0 Å². The van der Waals surface area contributed by atoms with Crippen LogP contribution in [0, 0.1) is 5.41 Å². The van der Waals surface area contributed by atoms with Crippen molar-refractivity contribution in [1.29, 1.82) is 5.41 Å². The van der Waals surface area contributed by atoms with Crippen molar-refractivity contribution >= 4 is 11.8 Å². The largest absolute Gasteiger partial charge is 0.300 e. The topological polar surface area (TPSA) is 23.9 Å². The minimum Gasteiger partial charge on any atom is -0.300 e. The zero-order chi connectivity index (χ0) is 9.80. The van der Waals surface area contributed by atoms with E-state index in [1.54, 1.807) is 6.08 Å². The predicted molar refractivity (Wildman–Crippen MR) is 60.4 cm³/mol. The van der Waals surface area contributed by atoms with Crippen molar-refractivity contribution in [2.45, 2.75) is 0 Å². The van der Waals surface area contributed by atoms with E-state index in [1.165, 1.54) is 0 Å². The molecular weight excluding hydrogens is 170 g/mol. The average Bonchev–Trinajstić information content (AvgIpc) is 2.23. The molecule has 0 aromatic heterocycles. The number of hydrogen-bond donors (Lipinski definition) is 1. The fourth-order valence-corrected chi connectivity index (χ4v) is 1.35. The lowest BCUT2D eigenvalue weighted by Crippen LogP contribution is -1.96. The van der Waals surface area contributed by atoms with Crippen LogP contribution in [-0.4, -0.2) is 5.71 Å². The highest BCUT2D eigenvalue weighted by molar-refractivity contribution is 6.12. The first kappa shape index (κ1) is 8.70. The molecule has 1 aromatic rings. The molecule has 68 valence electrons. The molecule has 1 aliphatic carbocycles. The van der Waals surface area contributed by atoms with Gasteiger partial charge in [-0.3, -0.25) is 0 Å². The monoisotopic (exact) mass is 181 g/mol. The molecule has 0 spiro atoms. The van der Waals surface area contributed by atoms with Crippen molar-refractivity contribution in [3.63, 3.8) is 0 Å². The maximum absolute atomic E-state index is 7.69. The molecule has 1 N–H and O–H groups in total. The maximum Gasteiger partial charge on any atom is 0.0612 e. The average molecular weight is 181 g/mol. The Morgan fingerprint density at radius 1 is 0.929 bits per heavy atom. The summed E-state index contributed by atoms with van der Waals surface area (Å²) in [5, 5.41) is 7.69. The van der Waals surface area contributed by atoms with E-state index in [0.29, 0.717) is 5.71 Å². The number of benzene rings is 1. The molecule has 0 heterocycles. The molecule has 0 atom stereocenters. The van der Waals surface area contributed by atoms with Crippen LogP contribution in [-0.2, 0) is 0 Å². The molecule has 1 nitrogen and oxygen atoms in total. The minimum atomic E-state index is 0.566. The molecule has 0 aliphatic heterocycles. The van der Waals surface area contributed by atoms with Gasteiger partial charge in [0.2, 0.25) is 0 Å². The van der Waals surface area contributed by atoms with Gasteiger partial charge in [-0.1, -0.05) is 48.6 Å². The molecule has 0 bridgehead atoms. The van der Waals surface area contributed by atoms with E-state index >= 15 is 0 Å². The van der Waals surface area contributed by atoms with Crippen LogP contribution in [0.3, 0.4) is 0 Å². The van der Waals surface area contributed by atoms with Crippen LogP contribution >= 0.6 is 0 Å². The van der Waals surface area contributed by atoms with Gasteiger partial charge in [0.15, 0.2) is 0 Å². The predicted octanol–water partition coefficient (Wildman–Crippen LogP) is 3.22. The number of hydrogen-bond acceptors (Lipinski definition) is 1. The Morgan fingerprint density at radius 3 is 2.36 bits per heavy atom. The summed E-state index contributed by atoms with van der Waals surface area (Å²) in [4.78, 5) is 0. The summed E-state index contributed by atoms with van der Waals surface area (Å²) in [7, 11) is 0. The molecule has 0 saturated heterocycles. The Balaban J connectivity index is 2.32. The fraction of sp³-hybridized carbons (Fsp3) is 0. The minimum absolute atomic E-state index is 0.566. The first-order valence-corrected chi connectivity index (χ1v) is 4.57. The number of allylic oxidation sites excluding steroid dienone is 5. The van der Waals surface area contributed by atoms with Crippen LogP contribution in [0.1, 0.15) is 5.56 Å². The van der Waals surface area contributed by atoms with Crippen LogP contribution in [0.4, 0.5) is 0 Å². The van der Waals surface area contributed by atoms with E-state index in [1.807, 2.05) is 54.6 Å². The van der Waals surface area contributed by atoms with Crippen LogP contribution in [0.25, 0.3) is 6.08 Å². The molecule has 1 aromatic carbocycles. The van der Waals surface area contributed by atoms with Crippen molar-refractivity contribution in [1.82, 2.24) is 0 Å². The highest BCUT2D eigenvalue weighted by Gasteiger charge is 2.00. The lowest BCUT2D eigenvalue weighted by molar-refractivity contribution is 1.50. The van der Waals surface area contributed by atoms with Gasteiger partial charge < -0.3 is 5.41 Å². The van der Waals surface area contributed by atoms with Crippen LogP contribution in [0.15, 0.2) is 60.2 Å². The molecule has 0 unspecified atom stereocenters. The molecule has 0 radical (unpaired) electrons. The van der Waals surface area contributed by atoms with E-state index < -0.39 is 0 Å². The van der Waals surface area contributed by atoms with Crippen LogP contribution < -0.4 is 0 Å². The van der Waals surface area contributed by atoms with E-state index in [0.717, 1.165) is 11.1 Å². The Labute approximate surface area is 83.6 Å². The third-order valence-electron chi connectivity index (χ3n) is 2.08. The SMILES string of the molecule is N=C1C=CC=C/C1=C\c1ccccc1. The van der Waals surface area contributed by atoms with Crippen molar-refractivity contribution < 1.29 is 0 Å². The van der Waals surface area contributed by atoms with Gasteiger partial charge in [0.25, 0.3) is 0 Å². The third-order valence-corrected chi connectivity index (χ3v) is 2.08. The first-order chi connectivity index (χ1) is 6.86. The highest BCUT2D eigenvalue weighted by Crippen LogP contribution is 2.12. The third kappa shape index (κ3) is 1.88. The molecule has 0 saturated carbocycles. The molecule has 0 amide bonds. The van der Waals surface area contributed by atoms with E-state index in [-0.39, 0.29) is 0 Å². The van der Waals surface area contributed by atoms with Gasteiger partial charge in [-0.05, 0) is 23.3 Å². The Morgan fingerprint density at radius 2 is 1.64 bits per heavy atom. The first-order valence-electron chi connectivity index (χ1n) is 4.57. The van der Waals surface area contributed by atoms with Crippen LogP contribution in [0.5, 0.6) is 0 Å². The van der Waals surface area contributed by atoms with Gasteiger partial charge in [0, 0.05) is 0 Å². The summed E-state index contributed by atoms with van der Waals surface area (Å²) >= 11 is 0. The normalized spacial score (nSPS) is 17.7.